The standard InChI is InChI=1S/C13H23NO3Si/c1-4-15-18(16-5-2,17-6-3)12-9-13-7-10-14-11-8-13/h7-8,10-11H,4-6,9,12H2,1-3H3. The molecule has 0 N–H and O–H groups in total. The number of aromatic nitrogens is 1. The van der Waals surface area contributed by atoms with E-state index in [1.165, 1.54) is 5.56 Å². The quantitative estimate of drug-likeness (QED) is 0.646. The van der Waals surface area contributed by atoms with Crippen LogP contribution in [0.4, 0.5) is 0 Å². The molecule has 0 saturated carbocycles. The van der Waals surface area contributed by atoms with Gasteiger partial charge >= 0.3 is 8.80 Å². The zero-order valence-corrected chi connectivity index (χ0v) is 12.5. The molecule has 0 spiro atoms. The average molecular weight is 269 g/mol. The van der Waals surface area contributed by atoms with Gasteiger partial charge in [-0.3, -0.25) is 4.98 Å². The second kappa shape index (κ2) is 8.37. The second-order valence-electron chi connectivity index (χ2n) is 3.84. The van der Waals surface area contributed by atoms with Crippen molar-refractivity contribution in [1.29, 1.82) is 0 Å². The van der Waals surface area contributed by atoms with Crippen LogP contribution in [-0.4, -0.2) is 33.6 Å². The Hall–Kier alpha value is -0.753. The van der Waals surface area contributed by atoms with Crippen LogP contribution in [0, 0.1) is 0 Å². The molecule has 102 valence electrons. The molecule has 0 aromatic carbocycles. The van der Waals surface area contributed by atoms with Crippen molar-refractivity contribution < 1.29 is 13.3 Å². The Labute approximate surface area is 111 Å². The predicted octanol–water partition coefficient (Wildman–Crippen LogP) is 2.67. The van der Waals surface area contributed by atoms with Crippen molar-refractivity contribution in [2.24, 2.45) is 0 Å². The number of rotatable bonds is 9. The minimum absolute atomic E-state index is 0.628. The van der Waals surface area contributed by atoms with Crippen molar-refractivity contribution in [2.75, 3.05) is 19.8 Å². The maximum Gasteiger partial charge on any atom is 0.501 e. The van der Waals surface area contributed by atoms with Crippen molar-refractivity contribution >= 4 is 8.80 Å². The molecule has 0 saturated heterocycles. The summed E-state index contributed by atoms with van der Waals surface area (Å²) in [5.41, 5.74) is 1.24. The van der Waals surface area contributed by atoms with E-state index in [1.807, 2.05) is 32.9 Å². The smallest absolute Gasteiger partial charge is 0.374 e. The Morgan fingerprint density at radius 2 is 1.44 bits per heavy atom. The zero-order valence-electron chi connectivity index (χ0n) is 11.5. The first-order valence-electron chi connectivity index (χ1n) is 6.57. The number of hydrogen-bond donors (Lipinski definition) is 0. The lowest BCUT2D eigenvalue weighted by Crippen LogP contribution is -2.46. The molecule has 0 fully saturated rings. The summed E-state index contributed by atoms with van der Waals surface area (Å²) in [6.45, 7) is 7.82. The highest BCUT2D eigenvalue weighted by atomic mass is 28.4. The molecule has 1 heterocycles. The summed E-state index contributed by atoms with van der Waals surface area (Å²) in [7, 11) is -2.50. The highest BCUT2D eigenvalue weighted by molar-refractivity contribution is 6.60. The average Bonchev–Trinajstić information content (AvgIpc) is 2.39. The van der Waals surface area contributed by atoms with Gasteiger partial charge < -0.3 is 13.3 Å². The SMILES string of the molecule is CCO[Si](CCc1ccncc1)(OCC)OCC. The molecule has 1 rings (SSSR count). The van der Waals surface area contributed by atoms with Gasteiger partial charge in [0.1, 0.15) is 0 Å². The molecule has 0 aliphatic heterocycles. The predicted molar refractivity (Wildman–Crippen MR) is 73.4 cm³/mol. The van der Waals surface area contributed by atoms with Crippen molar-refractivity contribution in [1.82, 2.24) is 4.98 Å². The van der Waals surface area contributed by atoms with Crippen molar-refractivity contribution in [2.45, 2.75) is 33.2 Å². The fraction of sp³-hybridized carbons (Fsp3) is 0.615. The molecular formula is C13H23NO3Si. The van der Waals surface area contributed by atoms with E-state index in [1.54, 1.807) is 12.4 Å². The van der Waals surface area contributed by atoms with Gasteiger partial charge in [-0.2, -0.15) is 0 Å². The molecule has 1 aromatic heterocycles. The van der Waals surface area contributed by atoms with Crippen LogP contribution in [0.3, 0.4) is 0 Å². The lowest BCUT2D eigenvalue weighted by molar-refractivity contribution is 0.0714. The number of aryl methyl sites for hydroxylation is 1. The van der Waals surface area contributed by atoms with Gasteiger partial charge in [-0.05, 0) is 44.9 Å². The Kier molecular flexibility index (Phi) is 7.11. The highest BCUT2D eigenvalue weighted by Gasteiger charge is 2.39. The molecular weight excluding hydrogens is 246 g/mol. The lowest BCUT2D eigenvalue weighted by Gasteiger charge is -2.28. The molecule has 0 radical (unpaired) electrons. The van der Waals surface area contributed by atoms with Gasteiger partial charge in [0, 0.05) is 38.3 Å². The largest absolute Gasteiger partial charge is 0.501 e. The van der Waals surface area contributed by atoms with E-state index in [0.29, 0.717) is 19.8 Å². The third kappa shape index (κ3) is 4.86. The molecule has 0 aliphatic rings. The second-order valence-corrected chi connectivity index (χ2v) is 6.57. The Morgan fingerprint density at radius 1 is 0.944 bits per heavy atom. The van der Waals surface area contributed by atoms with Crippen LogP contribution in [0.5, 0.6) is 0 Å². The first-order chi connectivity index (χ1) is 8.76. The van der Waals surface area contributed by atoms with E-state index in [2.05, 4.69) is 4.98 Å². The van der Waals surface area contributed by atoms with Crippen molar-refractivity contribution in [3.8, 4) is 0 Å². The van der Waals surface area contributed by atoms with Crippen LogP contribution in [0.15, 0.2) is 24.5 Å². The van der Waals surface area contributed by atoms with Crippen molar-refractivity contribution in [3.05, 3.63) is 30.1 Å². The minimum Gasteiger partial charge on any atom is -0.374 e. The fourth-order valence-corrected chi connectivity index (χ4v) is 4.45. The summed E-state index contributed by atoms with van der Waals surface area (Å²) in [5.74, 6) is 0. The number of hydrogen-bond acceptors (Lipinski definition) is 4. The summed E-state index contributed by atoms with van der Waals surface area (Å²) >= 11 is 0. The van der Waals surface area contributed by atoms with E-state index in [9.17, 15) is 0 Å². The molecule has 0 atom stereocenters. The Morgan fingerprint density at radius 3 is 1.89 bits per heavy atom. The van der Waals surface area contributed by atoms with Gasteiger partial charge in [0.2, 0.25) is 0 Å². The monoisotopic (exact) mass is 269 g/mol. The van der Waals surface area contributed by atoms with Gasteiger partial charge in [-0.25, -0.2) is 0 Å². The number of pyridine rings is 1. The van der Waals surface area contributed by atoms with Crippen molar-refractivity contribution in [3.63, 3.8) is 0 Å². The molecule has 4 nitrogen and oxygen atoms in total. The molecule has 18 heavy (non-hydrogen) atoms. The lowest BCUT2D eigenvalue weighted by atomic mass is 10.2. The summed E-state index contributed by atoms with van der Waals surface area (Å²) in [5, 5.41) is 0. The maximum atomic E-state index is 5.81. The topological polar surface area (TPSA) is 40.6 Å². The van der Waals surface area contributed by atoms with E-state index in [-0.39, 0.29) is 0 Å². The van der Waals surface area contributed by atoms with Crippen LogP contribution in [0.25, 0.3) is 0 Å². The highest BCUT2D eigenvalue weighted by Crippen LogP contribution is 2.19. The van der Waals surface area contributed by atoms with E-state index in [4.69, 9.17) is 13.3 Å². The summed E-state index contributed by atoms with van der Waals surface area (Å²) in [6.07, 6.45) is 4.51. The Bertz CT molecular complexity index is 304. The van der Waals surface area contributed by atoms with E-state index in [0.717, 1.165) is 12.5 Å². The van der Waals surface area contributed by atoms with E-state index < -0.39 is 8.80 Å². The van der Waals surface area contributed by atoms with Crippen LogP contribution in [-0.2, 0) is 19.7 Å². The van der Waals surface area contributed by atoms with Gasteiger partial charge in [0.15, 0.2) is 0 Å². The van der Waals surface area contributed by atoms with E-state index >= 15 is 0 Å². The molecule has 0 unspecified atom stereocenters. The maximum absolute atomic E-state index is 5.81. The third-order valence-corrected chi connectivity index (χ3v) is 5.61. The van der Waals surface area contributed by atoms with Gasteiger partial charge in [-0.15, -0.1) is 0 Å². The van der Waals surface area contributed by atoms with Gasteiger partial charge in [0.05, 0.1) is 0 Å². The normalized spacial score (nSPS) is 11.7. The minimum atomic E-state index is -2.50. The Balaban J connectivity index is 2.64. The molecule has 5 heteroatoms. The van der Waals surface area contributed by atoms with Crippen LogP contribution in [0.2, 0.25) is 6.04 Å². The van der Waals surface area contributed by atoms with Gasteiger partial charge in [0.25, 0.3) is 0 Å². The molecule has 0 amide bonds. The molecule has 0 bridgehead atoms. The summed E-state index contributed by atoms with van der Waals surface area (Å²) in [4.78, 5) is 4.02. The molecule has 1 aromatic rings. The van der Waals surface area contributed by atoms with Crippen LogP contribution < -0.4 is 0 Å². The first-order valence-corrected chi connectivity index (χ1v) is 8.50. The zero-order chi connectivity index (χ0) is 13.3. The molecule has 0 aliphatic carbocycles. The number of nitrogens with zero attached hydrogens (tertiary/aromatic N) is 1. The fourth-order valence-electron chi connectivity index (χ4n) is 1.85. The summed E-state index contributed by atoms with van der Waals surface area (Å²) < 4.78 is 17.4. The van der Waals surface area contributed by atoms with Gasteiger partial charge in [-0.1, -0.05) is 0 Å². The first kappa shape index (κ1) is 15.3. The summed E-state index contributed by atoms with van der Waals surface area (Å²) in [6, 6.07) is 4.85. The van der Waals surface area contributed by atoms with Crippen LogP contribution in [0.1, 0.15) is 26.3 Å². The third-order valence-electron chi connectivity index (χ3n) is 2.56. The van der Waals surface area contributed by atoms with Crippen LogP contribution >= 0.6 is 0 Å².